The summed E-state index contributed by atoms with van der Waals surface area (Å²) in [6, 6.07) is 0.812. The number of rotatable bonds is 3. The van der Waals surface area contributed by atoms with Gasteiger partial charge in [0.15, 0.2) is 0 Å². The van der Waals surface area contributed by atoms with Crippen molar-refractivity contribution >= 4 is 12.1 Å². The number of aryl methyl sites for hydroxylation is 2. The molecule has 2 atom stereocenters. The summed E-state index contributed by atoms with van der Waals surface area (Å²) >= 11 is 0. The quantitative estimate of drug-likeness (QED) is 0.589. The van der Waals surface area contributed by atoms with Gasteiger partial charge in [-0.15, -0.1) is 0 Å². The molecule has 3 amide bonds. The lowest BCUT2D eigenvalue weighted by atomic mass is 9.97. The van der Waals surface area contributed by atoms with Gasteiger partial charge in [-0.25, -0.2) is 14.5 Å². The van der Waals surface area contributed by atoms with Crippen LogP contribution in [0.1, 0.15) is 53.0 Å². The Kier molecular flexibility index (Phi) is 5.94. The zero-order valence-corrected chi connectivity index (χ0v) is 17.8. The number of alkyl halides is 6. The number of cyclic esters (lactones) is 1. The highest BCUT2D eigenvalue weighted by atomic mass is 19.4. The van der Waals surface area contributed by atoms with Crippen LogP contribution < -0.4 is 5.32 Å². The van der Waals surface area contributed by atoms with E-state index in [0.717, 1.165) is 30.5 Å². The van der Waals surface area contributed by atoms with Crippen molar-refractivity contribution in [3.63, 3.8) is 0 Å². The highest BCUT2D eigenvalue weighted by Gasteiger charge is 2.45. The zero-order chi connectivity index (χ0) is 24.8. The number of imide groups is 1. The van der Waals surface area contributed by atoms with Crippen LogP contribution in [0.3, 0.4) is 0 Å². The average molecular weight is 487 g/mol. The molecule has 12 heteroatoms. The summed E-state index contributed by atoms with van der Waals surface area (Å²) in [5.74, 6) is 0. The Balaban J connectivity index is 1.53. The maximum atomic E-state index is 13.2. The van der Waals surface area contributed by atoms with E-state index >= 15 is 0 Å². The minimum absolute atomic E-state index is 0.0138. The molecule has 0 unspecified atom stereocenters. The van der Waals surface area contributed by atoms with E-state index in [1.165, 1.54) is 6.92 Å². The molecule has 1 N–H and O–H groups in total. The Morgan fingerprint density at radius 3 is 2.35 bits per heavy atom. The van der Waals surface area contributed by atoms with Crippen LogP contribution in [-0.4, -0.2) is 28.1 Å². The number of benzene rings is 1. The maximum absolute atomic E-state index is 13.2. The Morgan fingerprint density at radius 1 is 1.09 bits per heavy atom. The van der Waals surface area contributed by atoms with E-state index in [-0.39, 0.29) is 12.6 Å². The fourth-order valence-corrected chi connectivity index (χ4v) is 4.16. The lowest BCUT2D eigenvalue weighted by molar-refractivity contribution is -0.143. The fourth-order valence-electron chi connectivity index (χ4n) is 4.16. The third-order valence-corrected chi connectivity index (χ3v) is 5.85. The molecule has 1 aromatic carbocycles. The van der Waals surface area contributed by atoms with Crippen molar-refractivity contribution in [3.8, 4) is 0 Å². The average Bonchev–Trinajstić information content (AvgIpc) is 3.33. The molecular weight excluding hydrogens is 468 g/mol. The van der Waals surface area contributed by atoms with Crippen LogP contribution in [0.4, 0.5) is 35.9 Å². The van der Waals surface area contributed by atoms with Crippen molar-refractivity contribution in [2.75, 3.05) is 0 Å². The monoisotopic (exact) mass is 487 g/mol. The van der Waals surface area contributed by atoms with E-state index in [4.69, 9.17) is 4.74 Å². The smallest absolute Gasteiger partial charge is 0.419 e. The molecule has 1 aliphatic heterocycles. The Bertz CT molecular complexity index is 1100. The number of halogens is 6. The van der Waals surface area contributed by atoms with Crippen LogP contribution in [0.25, 0.3) is 0 Å². The standard InChI is InChI=1S/C22H19F6N3O3/c1-11-18(14-6-15(21(23,24)25)8-16(7-14)22(26,27)28)34-20(33)31(11)19(32)30-10-12-5-13-3-2-4-17(13)29-9-12/h5-9,11,18H,2-4,10H2,1H3,(H,30,32)/t11-,18-/m0/s1. The second-order valence-corrected chi connectivity index (χ2v) is 8.22. The lowest BCUT2D eigenvalue weighted by Gasteiger charge is -2.21. The number of aromatic nitrogens is 1. The first-order chi connectivity index (χ1) is 15.8. The number of nitrogens with one attached hydrogen (secondary N) is 1. The predicted octanol–water partition coefficient (Wildman–Crippen LogP) is 5.40. The van der Waals surface area contributed by atoms with E-state index < -0.39 is 53.3 Å². The minimum atomic E-state index is -5.05. The third kappa shape index (κ3) is 4.66. The molecule has 1 aliphatic carbocycles. The first-order valence-electron chi connectivity index (χ1n) is 10.4. The van der Waals surface area contributed by atoms with E-state index in [9.17, 15) is 35.9 Å². The van der Waals surface area contributed by atoms with Gasteiger partial charge in [0, 0.05) is 18.4 Å². The molecule has 4 rings (SSSR count). The highest BCUT2D eigenvalue weighted by molar-refractivity contribution is 5.92. The summed E-state index contributed by atoms with van der Waals surface area (Å²) in [5.41, 5.74) is -0.820. The Labute approximate surface area is 189 Å². The van der Waals surface area contributed by atoms with Gasteiger partial charge in [-0.3, -0.25) is 4.98 Å². The van der Waals surface area contributed by atoms with Gasteiger partial charge in [-0.2, -0.15) is 26.3 Å². The lowest BCUT2D eigenvalue weighted by Crippen LogP contribution is -2.44. The van der Waals surface area contributed by atoms with Crippen molar-refractivity contribution in [2.45, 2.75) is 57.2 Å². The Hall–Kier alpha value is -3.31. The van der Waals surface area contributed by atoms with Gasteiger partial charge in [-0.1, -0.05) is 6.07 Å². The molecule has 1 saturated heterocycles. The summed E-state index contributed by atoms with van der Waals surface area (Å²) in [4.78, 5) is 29.9. The van der Waals surface area contributed by atoms with Gasteiger partial charge in [-0.05, 0) is 61.1 Å². The molecule has 6 nitrogen and oxygen atoms in total. The molecule has 0 saturated carbocycles. The fraction of sp³-hybridized carbons (Fsp3) is 0.409. The number of carbonyl (C=O) groups excluding carboxylic acids is 2. The molecule has 34 heavy (non-hydrogen) atoms. The summed E-state index contributed by atoms with van der Waals surface area (Å²) in [7, 11) is 0. The molecule has 1 aromatic heterocycles. The van der Waals surface area contributed by atoms with E-state index in [1.54, 1.807) is 6.20 Å². The molecule has 2 aromatic rings. The second-order valence-electron chi connectivity index (χ2n) is 8.22. The molecule has 1 fully saturated rings. The van der Waals surface area contributed by atoms with Crippen molar-refractivity contribution in [2.24, 2.45) is 0 Å². The van der Waals surface area contributed by atoms with Gasteiger partial charge in [0.2, 0.25) is 0 Å². The van der Waals surface area contributed by atoms with Gasteiger partial charge in [0.05, 0.1) is 17.2 Å². The van der Waals surface area contributed by atoms with E-state index in [2.05, 4.69) is 10.3 Å². The van der Waals surface area contributed by atoms with Crippen LogP contribution in [0.15, 0.2) is 30.5 Å². The summed E-state index contributed by atoms with van der Waals surface area (Å²) < 4.78 is 84.2. The molecule has 2 aliphatic rings. The number of pyridine rings is 1. The molecule has 0 radical (unpaired) electrons. The first-order valence-corrected chi connectivity index (χ1v) is 10.4. The minimum Gasteiger partial charge on any atom is -0.439 e. The normalized spacial score (nSPS) is 20.3. The van der Waals surface area contributed by atoms with Gasteiger partial charge in [0.25, 0.3) is 0 Å². The molecule has 0 spiro atoms. The molecule has 0 bridgehead atoms. The number of hydrogen-bond acceptors (Lipinski definition) is 4. The van der Waals surface area contributed by atoms with Crippen LogP contribution >= 0.6 is 0 Å². The van der Waals surface area contributed by atoms with Crippen molar-refractivity contribution in [1.82, 2.24) is 15.2 Å². The third-order valence-electron chi connectivity index (χ3n) is 5.85. The van der Waals surface area contributed by atoms with Crippen molar-refractivity contribution < 1.29 is 40.7 Å². The number of nitrogens with zero attached hydrogens (tertiary/aromatic N) is 2. The number of urea groups is 1. The number of hydrogen-bond donors (Lipinski definition) is 1. The number of ether oxygens (including phenoxy) is 1. The van der Waals surface area contributed by atoms with Crippen LogP contribution in [0, 0.1) is 0 Å². The van der Waals surface area contributed by atoms with Gasteiger partial charge in [0.1, 0.15) is 6.10 Å². The zero-order valence-electron chi connectivity index (χ0n) is 17.8. The van der Waals surface area contributed by atoms with Crippen LogP contribution in [0.2, 0.25) is 0 Å². The van der Waals surface area contributed by atoms with Gasteiger partial charge >= 0.3 is 24.5 Å². The van der Waals surface area contributed by atoms with Crippen LogP contribution in [-0.2, 0) is 36.5 Å². The van der Waals surface area contributed by atoms with Gasteiger partial charge < -0.3 is 10.1 Å². The summed E-state index contributed by atoms with van der Waals surface area (Å²) in [5, 5.41) is 2.52. The number of carbonyl (C=O) groups is 2. The van der Waals surface area contributed by atoms with Crippen molar-refractivity contribution in [1.29, 1.82) is 0 Å². The predicted molar refractivity (Wildman–Crippen MR) is 105 cm³/mol. The van der Waals surface area contributed by atoms with E-state index in [1.807, 2.05) is 6.07 Å². The maximum Gasteiger partial charge on any atom is 0.419 e. The SMILES string of the molecule is C[C@H]1[C@@H](c2cc(C(F)(F)F)cc(C(F)(F)F)c2)OC(=O)N1C(=O)NCc1cnc2c(c1)CCC2. The van der Waals surface area contributed by atoms with E-state index in [0.29, 0.717) is 22.6 Å². The summed E-state index contributed by atoms with van der Waals surface area (Å²) in [6.07, 6.45) is -8.45. The molecule has 182 valence electrons. The highest BCUT2D eigenvalue weighted by Crippen LogP contribution is 2.40. The van der Waals surface area contributed by atoms with Crippen LogP contribution in [0.5, 0.6) is 0 Å². The first kappa shape index (κ1) is 23.8. The topological polar surface area (TPSA) is 71.5 Å². The Morgan fingerprint density at radius 2 is 1.74 bits per heavy atom. The largest absolute Gasteiger partial charge is 0.439 e. The molecular formula is C22H19F6N3O3. The summed E-state index contributed by atoms with van der Waals surface area (Å²) in [6.45, 7) is 1.34. The number of amides is 3. The molecule has 2 heterocycles. The number of fused-ring (bicyclic) bond motifs is 1. The van der Waals surface area contributed by atoms with Crippen molar-refractivity contribution in [3.05, 3.63) is 64.0 Å². The second kappa shape index (κ2) is 8.48.